The van der Waals surface area contributed by atoms with Gasteiger partial charge in [0.1, 0.15) is 0 Å². The summed E-state index contributed by atoms with van der Waals surface area (Å²) in [6.07, 6.45) is 0.893. The summed E-state index contributed by atoms with van der Waals surface area (Å²) in [5, 5.41) is 10.7. The van der Waals surface area contributed by atoms with E-state index in [2.05, 4.69) is 45.3 Å². The topological polar surface area (TPSA) is 61.0 Å². The second-order valence-corrected chi connectivity index (χ2v) is 7.48. The fraction of sp³-hybridized carbons (Fsp3) is 0.444. The average Bonchev–Trinajstić information content (AvgIpc) is 2.99. The third-order valence-electron chi connectivity index (χ3n) is 4.20. The molecule has 5 nitrogen and oxygen atoms in total. The van der Waals surface area contributed by atoms with Gasteiger partial charge in [0.15, 0.2) is 5.69 Å². The van der Waals surface area contributed by atoms with Crippen LogP contribution in [0.25, 0.3) is 0 Å². The number of aromatic nitrogens is 2. The highest BCUT2D eigenvalue weighted by Gasteiger charge is 2.26. The molecule has 0 saturated heterocycles. The number of carbonyl (C=O) groups excluding carboxylic acids is 1. The number of benzene rings is 1. The van der Waals surface area contributed by atoms with Gasteiger partial charge in [0.25, 0.3) is 5.91 Å². The summed E-state index contributed by atoms with van der Waals surface area (Å²) in [5.41, 5.74) is 3.77. The van der Waals surface area contributed by atoms with Crippen molar-refractivity contribution in [3.8, 4) is 0 Å². The molecule has 0 aliphatic carbocycles. The Labute approximate surface area is 151 Å². The number of hydrogen-bond donors (Lipinski definition) is 2. The molecule has 0 atom stereocenters. The Hall–Kier alpha value is -1.66. The first kappa shape index (κ1) is 17.2. The van der Waals surface area contributed by atoms with Crippen LogP contribution in [0.1, 0.15) is 41.2 Å². The Balaban J connectivity index is 1.87. The van der Waals surface area contributed by atoms with E-state index in [1.165, 1.54) is 0 Å². The number of aromatic amines is 1. The molecule has 1 aromatic carbocycles. The van der Waals surface area contributed by atoms with Gasteiger partial charge in [-0.25, -0.2) is 0 Å². The zero-order valence-electron chi connectivity index (χ0n) is 14.1. The van der Waals surface area contributed by atoms with E-state index in [-0.39, 0.29) is 5.91 Å². The Morgan fingerprint density at radius 1 is 1.38 bits per heavy atom. The van der Waals surface area contributed by atoms with Crippen LogP contribution in [0.3, 0.4) is 0 Å². The van der Waals surface area contributed by atoms with Crippen LogP contribution in [0.2, 0.25) is 0 Å². The molecular formula is C18H23BrN4O. The van der Waals surface area contributed by atoms with Crippen LogP contribution < -0.4 is 5.32 Å². The Bertz CT molecular complexity index is 726. The second kappa shape index (κ2) is 7.49. The van der Waals surface area contributed by atoms with Gasteiger partial charge in [-0.15, -0.1) is 0 Å². The minimum Gasteiger partial charge on any atom is -0.333 e. The molecule has 1 aliphatic rings. The standard InChI is InChI=1S/C18H23BrN4O/c1-12(2)10-23(11-13-5-3-4-6-15(13)19)18(24)17-14-9-20-8-7-16(14)21-22-17/h3-6,12,20H,7-11H2,1-2H3,(H,21,22). The van der Waals surface area contributed by atoms with E-state index in [0.29, 0.717) is 31.2 Å². The Morgan fingerprint density at radius 2 is 2.17 bits per heavy atom. The van der Waals surface area contributed by atoms with Gasteiger partial charge in [0.05, 0.1) is 0 Å². The zero-order valence-corrected chi connectivity index (χ0v) is 15.7. The first-order valence-electron chi connectivity index (χ1n) is 8.35. The van der Waals surface area contributed by atoms with Crippen molar-refractivity contribution >= 4 is 21.8 Å². The van der Waals surface area contributed by atoms with Crippen LogP contribution >= 0.6 is 15.9 Å². The molecule has 6 heteroatoms. The molecule has 0 radical (unpaired) electrons. The lowest BCUT2D eigenvalue weighted by atomic mass is 10.1. The van der Waals surface area contributed by atoms with Gasteiger partial charge in [0, 0.05) is 48.3 Å². The number of amides is 1. The van der Waals surface area contributed by atoms with Gasteiger partial charge in [-0.05, 0) is 17.5 Å². The summed E-state index contributed by atoms with van der Waals surface area (Å²) < 4.78 is 1.03. The molecule has 2 aromatic rings. The number of hydrogen-bond acceptors (Lipinski definition) is 3. The van der Waals surface area contributed by atoms with E-state index in [1.54, 1.807) is 0 Å². The molecule has 0 saturated carbocycles. The van der Waals surface area contributed by atoms with E-state index in [9.17, 15) is 4.79 Å². The van der Waals surface area contributed by atoms with Crippen molar-refractivity contribution in [3.05, 3.63) is 51.3 Å². The van der Waals surface area contributed by atoms with Crippen LogP contribution in [0.15, 0.2) is 28.7 Å². The van der Waals surface area contributed by atoms with E-state index >= 15 is 0 Å². The number of H-pyrrole nitrogens is 1. The molecule has 2 heterocycles. The first-order valence-corrected chi connectivity index (χ1v) is 9.15. The maximum absolute atomic E-state index is 13.1. The van der Waals surface area contributed by atoms with Gasteiger partial charge < -0.3 is 10.2 Å². The minimum absolute atomic E-state index is 0.000605. The van der Waals surface area contributed by atoms with Gasteiger partial charge in [-0.1, -0.05) is 48.0 Å². The Kier molecular flexibility index (Phi) is 5.36. The summed E-state index contributed by atoms with van der Waals surface area (Å²) in [5.74, 6) is 0.394. The minimum atomic E-state index is 0.000605. The molecule has 0 bridgehead atoms. The van der Waals surface area contributed by atoms with Crippen LogP contribution in [0.4, 0.5) is 0 Å². The predicted molar refractivity (Wildman–Crippen MR) is 97.7 cm³/mol. The molecule has 24 heavy (non-hydrogen) atoms. The van der Waals surface area contributed by atoms with Crippen molar-refractivity contribution in [3.63, 3.8) is 0 Å². The van der Waals surface area contributed by atoms with Gasteiger partial charge in [-0.3, -0.25) is 9.89 Å². The van der Waals surface area contributed by atoms with Crippen molar-refractivity contribution in [1.82, 2.24) is 20.4 Å². The fourth-order valence-electron chi connectivity index (χ4n) is 3.04. The Morgan fingerprint density at radius 3 is 2.92 bits per heavy atom. The van der Waals surface area contributed by atoms with Crippen molar-refractivity contribution in [2.45, 2.75) is 33.4 Å². The molecule has 1 amide bonds. The summed E-state index contributed by atoms with van der Waals surface area (Å²) in [6, 6.07) is 8.04. The highest BCUT2D eigenvalue weighted by Crippen LogP contribution is 2.22. The third-order valence-corrected chi connectivity index (χ3v) is 4.97. The summed E-state index contributed by atoms with van der Waals surface area (Å²) >= 11 is 3.58. The summed E-state index contributed by atoms with van der Waals surface area (Å²) in [7, 11) is 0. The molecule has 1 aromatic heterocycles. The molecule has 0 spiro atoms. The zero-order chi connectivity index (χ0) is 17.1. The first-order chi connectivity index (χ1) is 11.6. The summed E-state index contributed by atoms with van der Waals surface area (Å²) in [6.45, 7) is 7.17. The predicted octanol–water partition coefficient (Wildman–Crippen LogP) is 3.12. The van der Waals surface area contributed by atoms with E-state index < -0.39 is 0 Å². The van der Waals surface area contributed by atoms with Crippen LogP contribution in [-0.2, 0) is 19.5 Å². The molecule has 3 rings (SSSR count). The highest BCUT2D eigenvalue weighted by molar-refractivity contribution is 9.10. The van der Waals surface area contributed by atoms with Crippen molar-refractivity contribution in [2.75, 3.05) is 13.1 Å². The van der Waals surface area contributed by atoms with Crippen molar-refractivity contribution in [1.29, 1.82) is 0 Å². The fourth-order valence-corrected chi connectivity index (χ4v) is 3.45. The second-order valence-electron chi connectivity index (χ2n) is 6.63. The van der Waals surface area contributed by atoms with E-state index in [0.717, 1.165) is 34.3 Å². The van der Waals surface area contributed by atoms with Gasteiger partial charge in [0.2, 0.25) is 0 Å². The summed E-state index contributed by atoms with van der Waals surface area (Å²) in [4.78, 5) is 15.0. The largest absolute Gasteiger partial charge is 0.333 e. The lowest BCUT2D eigenvalue weighted by Crippen LogP contribution is -2.35. The molecule has 2 N–H and O–H groups in total. The number of halogens is 1. The lowest BCUT2D eigenvalue weighted by molar-refractivity contribution is 0.0715. The number of nitrogens with zero attached hydrogens (tertiary/aromatic N) is 2. The number of carbonyl (C=O) groups is 1. The lowest BCUT2D eigenvalue weighted by Gasteiger charge is -2.25. The van der Waals surface area contributed by atoms with Gasteiger partial charge in [-0.2, -0.15) is 5.10 Å². The maximum atomic E-state index is 13.1. The van der Waals surface area contributed by atoms with E-state index in [1.807, 2.05) is 29.2 Å². The number of fused-ring (bicyclic) bond motifs is 1. The monoisotopic (exact) mass is 390 g/mol. The quantitative estimate of drug-likeness (QED) is 0.824. The highest BCUT2D eigenvalue weighted by atomic mass is 79.9. The van der Waals surface area contributed by atoms with E-state index in [4.69, 9.17) is 0 Å². The average molecular weight is 391 g/mol. The molecule has 0 unspecified atom stereocenters. The van der Waals surface area contributed by atoms with Gasteiger partial charge >= 0.3 is 0 Å². The third kappa shape index (κ3) is 3.70. The van der Waals surface area contributed by atoms with Crippen LogP contribution in [-0.4, -0.2) is 34.1 Å². The van der Waals surface area contributed by atoms with Crippen molar-refractivity contribution < 1.29 is 4.79 Å². The van der Waals surface area contributed by atoms with Crippen LogP contribution in [0.5, 0.6) is 0 Å². The molecule has 128 valence electrons. The maximum Gasteiger partial charge on any atom is 0.275 e. The smallest absolute Gasteiger partial charge is 0.275 e. The molecular weight excluding hydrogens is 368 g/mol. The van der Waals surface area contributed by atoms with Crippen molar-refractivity contribution in [2.24, 2.45) is 5.92 Å². The number of nitrogens with one attached hydrogen (secondary N) is 2. The SMILES string of the molecule is CC(C)CN(Cc1ccccc1Br)C(=O)c1n[nH]c2c1CNCC2. The molecule has 0 fully saturated rings. The number of rotatable bonds is 5. The van der Waals surface area contributed by atoms with Crippen LogP contribution in [0, 0.1) is 5.92 Å². The normalized spacial score (nSPS) is 13.8. The molecule has 1 aliphatic heterocycles.